The molecule has 5 rings (SSSR count). The molecular formula is C31H27NO2. The summed E-state index contributed by atoms with van der Waals surface area (Å²) < 4.78 is 5.76. The zero-order valence-corrected chi connectivity index (χ0v) is 19.7. The summed E-state index contributed by atoms with van der Waals surface area (Å²) in [6.45, 7) is 6.78. The molecule has 0 saturated carbocycles. The largest absolute Gasteiger partial charge is 0.457 e. The monoisotopic (exact) mass is 445 g/mol. The minimum absolute atomic E-state index is 0.0865. The van der Waals surface area contributed by atoms with Crippen LogP contribution in [0.15, 0.2) is 97.1 Å². The van der Waals surface area contributed by atoms with Crippen LogP contribution in [0.4, 0.5) is 0 Å². The SMILES string of the molecule is CC(C)(C)c1ccc(COC(=O)c2cc(-c3cccc4ccccc34)nc3ccccc23)cc1. The third kappa shape index (κ3) is 4.29. The van der Waals surface area contributed by atoms with E-state index in [1.807, 2.05) is 66.7 Å². The number of hydrogen-bond donors (Lipinski definition) is 0. The van der Waals surface area contributed by atoms with E-state index in [1.165, 1.54) is 5.56 Å². The van der Waals surface area contributed by atoms with Crippen molar-refractivity contribution < 1.29 is 9.53 Å². The van der Waals surface area contributed by atoms with Crippen LogP contribution in [0, 0.1) is 0 Å². The van der Waals surface area contributed by atoms with Crippen molar-refractivity contribution >= 4 is 27.6 Å². The number of ether oxygens (including phenoxy) is 1. The third-order valence-electron chi connectivity index (χ3n) is 6.19. The zero-order valence-electron chi connectivity index (χ0n) is 19.7. The predicted molar refractivity (Wildman–Crippen MR) is 139 cm³/mol. The quantitative estimate of drug-likeness (QED) is 0.266. The Balaban J connectivity index is 1.50. The van der Waals surface area contributed by atoms with E-state index < -0.39 is 0 Å². The van der Waals surface area contributed by atoms with Gasteiger partial charge in [-0.1, -0.05) is 106 Å². The number of aromatic nitrogens is 1. The highest BCUT2D eigenvalue weighted by atomic mass is 16.5. The van der Waals surface area contributed by atoms with E-state index in [1.54, 1.807) is 0 Å². The van der Waals surface area contributed by atoms with E-state index in [2.05, 4.69) is 51.1 Å². The number of carbonyl (C=O) groups is 1. The van der Waals surface area contributed by atoms with E-state index in [9.17, 15) is 4.79 Å². The molecule has 34 heavy (non-hydrogen) atoms. The summed E-state index contributed by atoms with van der Waals surface area (Å²) in [7, 11) is 0. The number of benzene rings is 4. The van der Waals surface area contributed by atoms with Gasteiger partial charge in [-0.25, -0.2) is 9.78 Å². The molecule has 4 aromatic carbocycles. The van der Waals surface area contributed by atoms with Gasteiger partial charge < -0.3 is 4.74 Å². The Morgan fingerprint density at radius 3 is 2.24 bits per heavy atom. The molecule has 0 aliphatic heterocycles. The predicted octanol–water partition coefficient (Wildman–Crippen LogP) is 7.71. The van der Waals surface area contributed by atoms with Crippen LogP contribution in [-0.4, -0.2) is 11.0 Å². The van der Waals surface area contributed by atoms with E-state index in [4.69, 9.17) is 9.72 Å². The number of hydrogen-bond acceptors (Lipinski definition) is 3. The van der Waals surface area contributed by atoms with Crippen LogP contribution < -0.4 is 0 Å². The first-order valence-corrected chi connectivity index (χ1v) is 11.5. The number of nitrogens with zero attached hydrogens (tertiary/aromatic N) is 1. The van der Waals surface area contributed by atoms with Crippen molar-refractivity contribution in [2.24, 2.45) is 0 Å². The summed E-state index contributed by atoms with van der Waals surface area (Å²) in [5, 5.41) is 3.03. The first-order chi connectivity index (χ1) is 16.4. The lowest BCUT2D eigenvalue weighted by atomic mass is 9.87. The Hall–Kier alpha value is -3.98. The maximum absolute atomic E-state index is 13.3. The van der Waals surface area contributed by atoms with Crippen molar-refractivity contribution in [1.29, 1.82) is 0 Å². The van der Waals surface area contributed by atoms with Crippen molar-refractivity contribution in [3.63, 3.8) is 0 Å². The highest BCUT2D eigenvalue weighted by molar-refractivity contribution is 6.06. The minimum Gasteiger partial charge on any atom is -0.457 e. The molecule has 0 bridgehead atoms. The van der Waals surface area contributed by atoms with Crippen LogP contribution in [0.5, 0.6) is 0 Å². The Morgan fingerprint density at radius 2 is 1.47 bits per heavy atom. The zero-order chi connectivity index (χ0) is 23.7. The van der Waals surface area contributed by atoms with E-state index in [0.29, 0.717) is 5.56 Å². The molecule has 0 N–H and O–H groups in total. The Morgan fingerprint density at radius 1 is 0.794 bits per heavy atom. The molecule has 0 spiro atoms. The van der Waals surface area contributed by atoms with Crippen molar-refractivity contribution in [2.75, 3.05) is 0 Å². The Kier molecular flexibility index (Phi) is 5.62. The Bertz CT molecular complexity index is 1490. The van der Waals surface area contributed by atoms with Crippen molar-refractivity contribution in [3.05, 3.63) is 114 Å². The number of pyridine rings is 1. The van der Waals surface area contributed by atoms with E-state index >= 15 is 0 Å². The highest BCUT2D eigenvalue weighted by Crippen LogP contribution is 2.31. The van der Waals surface area contributed by atoms with Crippen molar-refractivity contribution in [3.8, 4) is 11.3 Å². The topological polar surface area (TPSA) is 39.2 Å². The molecule has 1 heterocycles. The second-order valence-corrected chi connectivity index (χ2v) is 9.62. The van der Waals surface area contributed by atoms with E-state index in [0.717, 1.165) is 38.5 Å². The maximum atomic E-state index is 13.3. The second kappa shape index (κ2) is 8.75. The van der Waals surface area contributed by atoms with E-state index in [-0.39, 0.29) is 18.0 Å². The average molecular weight is 446 g/mol. The highest BCUT2D eigenvalue weighted by Gasteiger charge is 2.17. The van der Waals surface area contributed by atoms with Gasteiger partial charge in [-0.3, -0.25) is 0 Å². The Labute approximate surface area is 200 Å². The van der Waals surface area contributed by atoms with Gasteiger partial charge >= 0.3 is 5.97 Å². The van der Waals surface area contributed by atoms with Crippen molar-refractivity contribution in [2.45, 2.75) is 32.8 Å². The average Bonchev–Trinajstić information content (AvgIpc) is 2.86. The molecule has 0 aliphatic rings. The fourth-order valence-corrected chi connectivity index (χ4v) is 4.26. The summed E-state index contributed by atoms with van der Waals surface area (Å²) in [5.41, 5.74) is 5.36. The van der Waals surface area contributed by atoms with Crippen LogP contribution in [0.3, 0.4) is 0 Å². The molecule has 0 unspecified atom stereocenters. The molecule has 5 aromatic rings. The molecule has 0 amide bonds. The number of rotatable bonds is 4. The second-order valence-electron chi connectivity index (χ2n) is 9.62. The van der Waals surface area contributed by atoms with Gasteiger partial charge in [0.15, 0.2) is 0 Å². The van der Waals surface area contributed by atoms with Gasteiger partial charge in [-0.2, -0.15) is 0 Å². The standard InChI is InChI=1S/C31H27NO2/c1-31(2,3)23-17-15-21(16-18-23)20-34-30(33)27-19-29(32-28-14-7-6-12-26(27)28)25-13-8-10-22-9-4-5-11-24(22)25/h4-19H,20H2,1-3H3. The first kappa shape index (κ1) is 21.8. The molecule has 0 radical (unpaired) electrons. The molecule has 0 aliphatic carbocycles. The minimum atomic E-state index is -0.347. The van der Waals surface area contributed by atoms with Gasteiger partial charge in [0.25, 0.3) is 0 Å². The van der Waals surface area contributed by atoms with Crippen LogP contribution >= 0.6 is 0 Å². The fraction of sp³-hybridized carbons (Fsp3) is 0.161. The van der Waals surface area contributed by atoms with Gasteiger partial charge in [0.1, 0.15) is 6.61 Å². The summed E-state index contributed by atoms with van der Waals surface area (Å²) in [5.74, 6) is -0.347. The van der Waals surface area contributed by atoms with Gasteiger partial charge in [-0.05, 0) is 39.4 Å². The third-order valence-corrected chi connectivity index (χ3v) is 6.19. The summed E-state index contributed by atoms with van der Waals surface area (Å²) in [6.07, 6.45) is 0. The molecular weight excluding hydrogens is 418 g/mol. The first-order valence-electron chi connectivity index (χ1n) is 11.5. The van der Waals surface area contributed by atoms with Crippen molar-refractivity contribution in [1.82, 2.24) is 4.98 Å². The van der Waals surface area contributed by atoms with Crippen LogP contribution in [-0.2, 0) is 16.8 Å². The van der Waals surface area contributed by atoms with Gasteiger partial charge in [0.05, 0.1) is 16.8 Å². The molecule has 1 aromatic heterocycles. The molecule has 168 valence electrons. The summed E-state index contributed by atoms with van der Waals surface area (Å²) >= 11 is 0. The fourth-order valence-electron chi connectivity index (χ4n) is 4.26. The van der Waals surface area contributed by atoms with Crippen LogP contribution in [0.2, 0.25) is 0 Å². The smallest absolute Gasteiger partial charge is 0.339 e. The molecule has 0 saturated heterocycles. The molecule has 3 nitrogen and oxygen atoms in total. The lowest BCUT2D eigenvalue weighted by Gasteiger charge is -2.19. The summed E-state index contributed by atoms with van der Waals surface area (Å²) in [4.78, 5) is 18.1. The number of para-hydroxylation sites is 1. The lowest BCUT2D eigenvalue weighted by Crippen LogP contribution is -2.11. The lowest BCUT2D eigenvalue weighted by molar-refractivity contribution is 0.0475. The number of fused-ring (bicyclic) bond motifs is 2. The van der Waals surface area contributed by atoms with Gasteiger partial charge in [0, 0.05) is 10.9 Å². The number of carbonyl (C=O) groups excluding carboxylic acids is 1. The summed E-state index contributed by atoms with van der Waals surface area (Å²) in [6, 6.07) is 32.2. The maximum Gasteiger partial charge on any atom is 0.339 e. The van der Waals surface area contributed by atoms with Gasteiger partial charge in [-0.15, -0.1) is 0 Å². The van der Waals surface area contributed by atoms with Gasteiger partial charge in [0.2, 0.25) is 0 Å². The molecule has 0 fully saturated rings. The number of esters is 1. The molecule has 0 atom stereocenters. The molecule has 3 heteroatoms. The van der Waals surface area contributed by atoms with Crippen LogP contribution in [0.25, 0.3) is 32.9 Å². The normalized spacial score (nSPS) is 11.6. The van der Waals surface area contributed by atoms with Crippen LogP contribution in [0.1, 0.15) is 42.3 Å².